The lowest BCUT2D eigenvalue weighted by atomic mass is 9.70. The lowest BCUT2D eigenvalue weighted by molar-refractivity contribution is 0.0882. The van der Waals surface area contributed by atoms with Crippen LogP contribution in [0.3, 0.4) is 0 Å². The number of aromatic nitrogens is 2. The molecule has 0 bridgehead atoms. The highest BCUT2D eigenvalue weighted by Gasteiger charge is 2.32. The minimum absolute atomic E-state index is 0.134. The summed E-state index contributed by atoms with van der Waals surface area (Å²) in [6.07, 6.45) is 5.14. The van der Waals surface area contributed by atoms with Crippen molar-refractivity contribution in [2.24, 2.45) is 12.5 Å². The van der Waals surface area contributed by atoms with Crippen molar-refractivity contribution in [2.45, 2.75) is 26.2 Å². The van der Waals surface area contributed by atoms with Gasteiger partial charge >= 0.3 is 0 Å². The summed E-state index contributed by atoms with van der Waals surface area (Å²) in [6.45, 7) is 2.92. The maximum absolute atomic E-state index is 11.9. The molecular weight excluding hydrogens is 204 g/mol. The Labute approximate surface area is 95.0 Å². The third kappa shape index (κ3) is 1.89. The Hall–Kier alpha value is -1.52. The van der Waals surface area contributed by atoms with Gasteiger partial charge in [0.05, 0.1) is 11.9 Å². The fourth-order valence-electron chi connectivity index (χ4n) is 2.07. The number of nitrogens with zero attached hydrogens (tertiary/aromatic N) is 2. The van der Waals surface area contributed by atoms with E-state index in [4.69, 9.17) is 5.73 Å². The molecule has 1 aromatic rings. The smallest absolute Gasteiger partial charge is 0.271 e. The van der Waals surface area contributed by atoms with Gasteiger partial charge in [-0.1, -0.05) is 13.3 Å². The average molecular weight is 222 g/mol. The number of hydrogen-bond donors (Lipinski definition) is 2. The summed E-state index contributed by atoms with van der Waals surface area (Å²) in [7, 11) is 1.72. The van der Waals surface area contributed by atoms with E-state index in [1.165, 1.54) is 30.1 Å². The summed E-state index contributed by atoms with van der Waals surface area (Å²) in [6, 6.07) is 0. The number of nitrogen functional groups attached to an aromatic ring is 1. The largest absolute Gasteiger partial charge is 0.396 e. The topological polar surface area (TPSA) is 72.9 Å². The molecule has 1 aromatic heterocycles. The van der Waals surface area contributed by atoms with E-state index in [-0.39, 0.29) is 11.3 Å². The van der Waals surface area contributed by atoms with E-state index in [2.05, 4.69) is 17.3 Å². The Kier molecular flexibility index (Phi) is 2.61. The highest BCUT2D eigenvalue weighted by atomic mass is 16.2. The van der Waals surface area contributed by atoms with Crippen LogP contribution in [0.15, 0.2) is 6.20 Å². The third-order valence-electron chi connectivity index (χ3n) is 3.42. The second-order valence-electron chi connectivity index (χ2n) is 4.92. The lowest BCUT2D eigenvalue weighted by Gasteiger charge is -2.38. The molecule has 0 unspecified atom stereocenters. The fourth-order valence-corrected chi connectivity index (χ4v) is 2.07. The summed E-state index contributed by atoms with van der Waals surface area (Å²) in [5.41, 5.74) is 6.84. The van der Waals surface area contributed by atoms with Gasteiger partial charge in [0, 0.05) is 13.6 Å². The number of nitrogens with two attached hydrogens (primary N) is 1. The van der Waals surface area contributed by atoms with Crippen LogP contribution in [0.2, 0.25) is 0 Å². The normalized spacial score (nSPS) is 17.9. The molecule has 1 amide bonds. The van der Waals surface area contributed by atoms with Crippen LogP contribution >= 0.6 is 0 Å². The SMILES string of the molecule is Cn1ncc(N)c1C(=O)NCC1(C)CCC1. The maximum Gasteiger partial charge on any atom is 0.271 e. The van der Waals surface area contributed by atoms with Gasteiger partial charge in [-0.15, -0.1) is 0 Å². The summed E-state index contributed by atoms with van der Waals surface area (Å²) in [4.78, 5) is 11.9. The first kappa shape index (κ1) is 11.0. The van der Waals surface area contributed by atoms with Crippen molar-refractivity contribution < 1.29 is 4.79 Å². The molecule has 1 saturated carbocycles. The van der Waals surface area contributed by atoms with Crippen LogP contribution in [-0.4, -0.2) is 22.2 Å². The van der Waals surface area contributed by atoms with Crippen molar-refractivity contribution in [3.8, 4) is 0 Å². The van der Waals surface area contributed by atoms with Gasteiger partial charge in [-0.2, -0.15) is 5.10 Å². The molecule has 0 aromatic carbocycles. The van der Waals surface area contributed by atoms with Gasteiger partial charge in [0.15, 0.2) is 0 Å². The van der Waals surface area contributed by atoms with Crippen molar-refractivity contribution in [3.63, 3.8) is 0 Å². The highest BCUT2D eigenvalue weighted by Crippen LogP contribution is 2.39. The molecule has 5 heteroatoms. The van der Waals surface area contributed by atoms with Gasteiger partial charge < -0.3 is 11.1 Å². The molecule has 0 saturated heterocycles. The Bertz CT molecular complexity index is 387. The lowest BCUT2D eigenvalue weighted by Crippen LogP contribution is -2.40. The third-order valence-corrected chi connectivity index (χ3v) is 3.42. The van der Waals surface area contributed by atoms with Crippen molar-refractivity contribution in [1.29, 1.82) is 0 Å². The maximum atomic E-state index is 11.9. The molecule has 1 heterocycles. The van der Waals surface area contributed by atoms with Gasteiger partial charge in [0.1, 0.15) is 5.69 Å². The zero-order valence-electron chi connectivity index (χ0n) is 9.79. The van der Waals surface area contributed by atoms with Crippen LogP contribution in [0.1, 0.15) is 36.7 Å². The molecule has 3 N–H and O–H groups in total. The number of carbonyl (C=O) groups excluding carboxylic acids is 1. The van der Waals surface area contributed by atoms with E-state index in [9.17, 15) is 4.79 Å². The number of anilines is 1. The summed E-state index contributed by atoms with van der Waals surface area (Å²) in [5, 5.41) is 6.88. The first-order valence-electron chi connectivity index (χ1n) is 5.57. The molecular formula is C11H18N4O. The first-order chi connectivity index (χ1) is 7.52. The molecule has 1 fully saturated rings. The summed E-state index contributed by atoms with van der Waals surface area (Å²) < 4.78 is 1.51. The van der Waals surface area contributed by atoms with Crippen molar-refractivity contribution >= 4 is 11.6 Å². The molecule has 88 valence electrons. The zero-order valence-corrected chi connectivity index (χ0v) is 9.79. The Morgan fingerprint density at radius 1 is 1.69 bits per heavy atom. The summed E-state index contributed by atoms with van der Waals surface area (Å²) in [5.74, 6) is -0.134. The number of aryl methyl sites for hydroxylation is 1. The van der Waals surface area contributed by atoms with Gasteiger partial charge in [-0.25, -0.2) is 0 Å². The molecule has 0 radical (unpaired) electrons. The predicted molar refractivity (Wildman–Crippen MR) is 61.9 cm³/mol. The predicted octanol–water partition coefficient (Wildman–Crippen LogP) is 0.922. The quantitative estimate of drug-likeness (QED) is 0.798. The molecule has 2 rings (SSSR count). The second-order valence-corrected chi connectivity index (χ2v) is 4.92. The van der Waals surface area contributed by atoms with Crippen molar-refractivity contribution in [2.75, 3.05) is 12.3 Å². The highest BCUT2D eigenvalue weighted by molar-refractivity contribution is 5.97. The van der Waals surface area contributed by atoms with E-state index < -0.39 is 0 Å². The minimum Gasteiger partial charge on any atom is -0.396 e. The van der Waals surface area contributed by atoms with Gasteiger partial charge in [0.25, 0.3) is 5.91 Å². The van der Waals surface area contributed by atoms with Crippen LogP contribution in [0.4, 0.5) is 5.69 Å². The number of amides is 1. The van der Waals surface area contributed by atoms with E-state index >= 15 is 0 Å². The Morgan fingerprint density at radius 2 is 2.38 bits per heavy atom. The van der Waals surface area contributed by atoms with Crippen molar-refractivity contribution in [3.05, 3.63) is 11.9 Å². The molecule has 16 heavy (non-hydrogen) atoms. The molecule has 5 nitrogen and oxygen atoms in total. The van der Waals surface area contributed by atoms with Gasteiger partial charge in [-0.05, 0) is 18.3 Å². The number of nitrogens with one attached hydrogen (secondary N) is 1. The van der Waals surface area contributed by atoms with Crippen LogP contribution in [0, 0.1) is 5.41 Å². The van der Waals surface area contributed by atoms with Gasteiger partial charge in [0.2, 0.25) is 0 Å². The number of carbonyl (C=O) groups is 1. The Morgan fingerprint density at radius 3 is 2.81 bits per heavy atom. The van der Waals surface area contributed by atoms with Crippen molar-refractivity contribution in [1.82, 2.24) is 15.1 Å². The fraction of sp³-hybridized carbons (Fsp3) is 0.636. The monoisotopic (exact) mass is 222 g/mol. The molecule has 0 atom stereocenters. The average Bonchev–Trinajstić information content (AvgIpc) is 2.52. The molecule has 0 spiro atoms. The Balaban J connectivity index is 1.98. The standard InChI is InChI=1S/C11H18N4O/c1-11(4-3-5-11)7-13-10(16)9-8(12)6-14-15(9)2/h6H,3-5,7,12H2,1-2H3,(H,13,16). The van der Waals surface area contributed by atoms with E-state index in [1.54, 1.807) is 7.05 Å². The van der Waals surface area contributed by atoms with E-state index in [0.717, 1.165) is 6.54 Å². The number of hydrogen-bond acceptors (Lipinski definition) is 3. The minimum atomic E-state index is -0.134. The molecule has 0 aliphatic heterocycles. The van der Waals surface area contributed by atoms with E-state index in [1.807, 2.05) is 0 Å². The molecule has 1 aliphatic rings. The molecule has 1 aliphatic carbocycles. The number of rotatable bonds is 3. The zero-order chi connectivity index (χ0) is 11.8. The van der Waals surface area contributed by atoms with Crippen LogP contribution in [0.25, 0.3) is 0 Å². The van der Waals surface area contributed by atoms with Crippen LogP contribution in [0.5, 0.6) is 0 Å². The second kappa shape index (κ2) is 3.81. The van der Waals surface area contributed by atoms with Crippen LogP contribution < -0.4 is 11.1 Å². The first-order valence-corrected chi connectivity index (χ1v) is 5.57. The van der Waals surface area contributed by atoms with Crippen LogP contribution in [-0.2, 0) is 7.05 Å². The summed E-state index contributed by atoms with van der Waals surface area (Å²) >= 11 is 0. The van der Waals surface area contributed by atoms with E-state index in [0.29, 0.717) is 11.4 Å². The van der Waals surface area contributed by atoms with Gasteiger partial charge in [-0.3, -0.25) is 9.48 Å².